The first-order chi connectivity index (χ1) is 9.08. The lowest BCUT2D eigenvalue weighted by atomic mass is 10.1. The van der Waals surface area contributed by atoms with Crippen LogP contribution >= 0.6 is 11.6 Å². The van der Waals surface area contributed by atoms with Gasteiger partial charge >= 0.3 is 0 Å². The molecule has 0 aliphatic heterocycles. The quantitative estimate of drug-likeness (QED) is 0.733. The first-order valence-electron chi connectivity index (χ1n) is 6.13. The molecule has 0 amide bonds. The molecule has 0 bridgehead atoms. The molecule has 0 atom stereocenters. The first-order valence-corrected chi connectivity index (χ1v) is 6.66. The molecule has 3 heteroatoms. The average molecular weight is 279 g/mol. The summed E-state index contributed by atoms with van der Waals surface area (Å²) in [6.07, 6.45) is 0. The molecule has 0 aliphatic rings. The molecule has 0 radical (unpaired) electrons. The third-order valence-corrected chi connectivity index (χ3v) is 3.37. The van der Waals surface area contributed by atoms with Gasteiger partial charge in [0.25, 0.3) is 0 Å². The van der Waals surface area contributed by atoms with Crippen molar-refractivity contribution >= 4 is 11.6 Å². The van der Waals surface area contributed by atoms with Gasteiger partial charge in [0.05, 0.1) is 0 Å². The standard InChI is InChI=1S/C16H16ClFO/c1-11-3-4-13(5-12(11)2)10-19-16-7-14(9-17)6-15(18)8-16/h3-8H,9-10H2,1-2H3. The Kier molecular flexibility index (Phi) is 4.43. The Labute approximate surface area is 118 Å². The highest BCUT2D eigenvalue weighted by Gasteiger charge is 2.03. The smallest absolute Gasteiger partial charge is 0.127 e. The second-order valence-corrected chi connectivity index (χ2v) is 4.90. The molecule has 2 rings (SSSR count). The highest BCUT2D eigenvalue weighted by molar-refractivity contribution is 6.17. The van der Waals surface area contributed by atoms with E-state index in [0.29, 0.717) is 12.4 Å². The average Bonchev–Trinajstić information content (AvgIpc) is 2.39. The zero-order chi connectivity index (χ0) is 13.8. The molecule has 2 aromatic rings. The molecule has 0 aliphatic carbocycles. The molecule has 19 heavy (non-hydrogen) atoms. The number of ether oxygens (including phenoxy) is 1. The van der Waals surface area contributed by atoms with Crippen molar-refractivity contribution in [2.24, 2.45) is 0 Å². The van der Waals surface area contributed by atoms with Crippen LogP contribution in [0, 0.1) is 19.7 Å². The Morgan fingerprint density at radius 1 is 1.00 bits per heavy atom. The normalized spacial score (nSPS) is 10.5. The van der Waals surface area contributed by atoms with E-state index in [1.807, 2.05) is 6.07 Å². The maximum atomic E-state index is 13.3. The molecule has 100 valence electrons. The molecule has 0 saturated heterocycles. The Morgan fingerprint density at radius 3 is 2.47 bits per heavy atom. The van der Waals surface area contributed by atoms with Crippen LogP contribution in [0.25, 0.3) is 0 Å². The minimum Gasteiger partial charge on any atom is -0.489 e. The van der Waals surface area contributed by atoms with Gasteiger partial charge in [-0.3, -0.25) is 0 Å². The number of alkyl halides is 1. The van der Waals surface area contributed by atoms with Crippen LogP contribution in [0.5, 0.6) is 5.75 Å². The van der Waals surface area contributed by atoms with Gasteiger partial charge in [-0.25, -0.2) is 4.39 Å². The van der Waals surface area contributed by atoms with Crippen molar-refractivity contribution in [1.82, 2.24) is 0 Å². The fourth-order valence-corrected chi connectivity index (χ4v) is 2.00. The third-order valence-electron chi connectivity index (χ3n) is 3.06. The molecule has 0 N–H and O–H groups in total. The van der Waals surface area contributed by atoms with Gasteiger partial charge in [-0.1, -0.05) is 18.2 Å². The van der Waals surface area contributed by atoms with Gasteiger partial charge in [0.2, 0.25) is 0 Å². The summed E-state index contributed by atoms with van der Waals surface area (Å²) >= 11 is 5.70. The summed E-state index contributed by atoms with van der Waals surface area (Å²) in [6, 6.07) is 10.7. The molecule has 0 spiro atoms. The molecule has 0 unspecified atom stereocenters. The van der Waals surface area contributed by atoms with Crippen LogP contribution in [0.15, 0.2) is 36.4 Å². The van der Waals surface area contributed by atoms with E-state index in [1.54, 1.807) is 6.07 Å². The second-order valence-electron chi connectivity index (χ2n) is 4.64. The largest absolute Gasteiger partial charge is 0.489 e. The van der Waals surface area contributed by atoms with E-state index < -0.39 is 0 Å². The molecule has 2 aromatic carbocycles. The Bertz CT molecular complexity index is 581. The van der Waals surface area contributed by atoms with Crippen molar-refractivity contribution in [1.29, 1.82) is 0 Å². The number of rotatable bonds is 4. The lowest BCUT2D eigenvalue weighted by Crippen LogP contribution is -1.97. The van der Waals surface area contributed by atoms with E-state index in [1.165, 1.54) is 23.3 Å². The maximum absolute atomic E-state index is 13.3. The van der Waals surface area contributed by atoms with Crippen LogP contribution < -0.4 is 4.74 Å². The summed E-state index contributed by atoms with van der Waals surface area (Å²) in [7, 11) is 0. The molecular weight excluding hydrogens is 263 g/mol. The number of hydrogen-bond donors (Lipinski definition) is 0. The maximum Gasteiger partial charge on any atom is 0.127 e. The van der Waals surface area contributed by atoms with E-state index in [-0.39, 0.29) is 11.7 Å². The Hall–Kier alpha value is -1.54. The van der Waals surface area contributed by atoms with Crippen molar-refractivity contribution in [3.63, 3.8) is 0 Å². The number of aryl methyl sites for hydroxylation is 2. The fraction of sp³-hybridized carbons (Fsp3) is 0.250. The van der Waals surface area contributed by atoms with Gasteiger partial charge in [-0.05, 0) is 48.2 Å². The second kappa shape index (κ2) is 6.07. The minimum absolute atomic E-state index is 0.276. The molecular formula is C16H16ClFO. The highest BCUT2D eigenvalue weighted by Crippen LogP contribution is 2.19. The zero-order valence-corrected chi connectivity index (χ0v) is 11.8. The van der Waals surface area contributed by atoms with Crippen molar-refractivity contribution < 1.29 is 9.13 Å². The van der Waals surface area contributed by atoms with Crippen molar-refractivity contribution in [3.8, 4) is 5.75 Å². The lowest BCUT2D eigenvalue weighted by Gasteiger charge is -2.09. The van der Waals surface area contributed by atoms with Crippen LogP contribution in [0.4, 0.5) is 4.39 Å². The summed E-state index contributed by atoms with van der Waals surface area (Å²) in [5.74, 6) is 0.458. The number of hydrogen-bond acceptors (Lipinski definition) is 1. The molecule has 0 saturated carbocycles. The molecule has 0 fully saturated rings. The van der Waals surface area contributed by atoms with Gasteiger partial charge in [-0.2, -0.15) is 0 Å². The molecule has 1 nitrogen and oxygen atoms in total. The van der Waals surface area contributed by atoms with Gasteiger partial charge in [0.15, 0.2) is 0 Å². The van der Waals surface area contributed by atoms with E-state index in [0.717, 1.165) is 11.1 Å². The van der Waals surface area contributed by atoms with Crippen LogP contribution in [0.2, 0.25) is 0 Å². The van der Waals surface area contributed by atoms with Gasteiger partial charge in [0, 0.05) is 11.9 Å². The van der Waals surface area contributed by atoms with Gasteiger partial charge in [0.1, 0.15) is 18.2 Å². The van der Waals surface area contributed by atoms with E-state index in [9.17, 15) is 4.39 Å². The van der Waals surface area contributed by atoms with Crippen LogP contribution in [0.1, 0.15) is 22.3 Å². The lowest BCUT2D eigenvalue weighted by molar-refractivity contribution is 0.304. The zero-order valence-electron chi connectivity index (χ0n) is 11.0. The summed E-state index contributed by atoms with van der Waals surface area (Å²) in [4.78, 5) is 0. The number of benzene rings is 2. The van der Waals surface area contributed by atoms with E-state index in [4.69, 9.17) is 16.3 Å². The van der Waals surface area contributed by atoms with Crippen molar-refractivity contribution in [2.45, 2.75) is 26.3 Å². The summed E-state index contributed by atoms with van der Waals surface area (Å²) in [5.41, 5.74) is 4.26. The van der Waals surface area contributed by atoms with Crippen LogP contribution in [-0.2, 0) is 12.5 Å². The Morgan fingerprint density at radius 2 is 1.79 bits per heavy atom. The third kappa shape index (κ3) is 3.71. The fourth-order valence-electron chi connectivity index (χ4n) is 1.84. The van der Waals surface area contributed by atoms with Crippen LogP contribution in [0.3, 0.4) is 0 Å². The first kappa shape index (κ1) is 13.9. The van der Waals surface area contributed by atoms with Gasteiger partial charge in [-0.15, -0.1) is 11.6 Å². The van der Waals surface area contributed by atoms with Crippen molar-refractivity contribution in [2.75, 3.05) is 0 Å². The monoisotopic (exact) mass is 278 g/mol. The SMILES string of the molecule is Cc1ccc(COc2cc(F)cc(CCl)c2)cc1C. The van der Waals surface area contributed by atoms with Gasteiger partial charge < -0.3 is 4.74 Å². The molecule has 0 aromatic heterocycles. The summed E-state index contributed by atoms with van der Waals surface area (Å²) in [5, 5.41) is 0. The predicted molar refractivity (Wildman–Crippen MR) is 76.2 cm³/mol. The predicted octanol–water partition coefficient (Wildman–Crippen LogP) is 4.76. The van der Waals surface area contributed by atoms with Crippen LogP contribution in [-0.4, -0.2) is 0 Å². The summed E-state index contributed by atoms with van der Waals surface area (Å²) < 4.78 is 18.9. The van der Waals surface area contributed by atoms with Crippen molar-refractivity contribution in [3.05, 3.63) is 64.5 Å². The topological polar surface area (TPSA) is 9.23 Å². The van der Waals surface area contributed by atoms with E-state index in [2.05, 4.69) is 26.0 Å². The molecule has 0 heterocycles. The number of halogens is 2. The minimum atomic E-state index is -0.326. The highest BCUT2D eigenvalue weighted by atomic mass is 35.5. The van der Waals surface area contributed by atoms with E-state index >= 15 is 0 Å². The summed E-state index contributed by atoms with van der Waals surface area (Å²) in [6.45, 7) is 4.55. The Balaban J connectivity index is 2.09.